The van der Waals surface area contributed by atoms with Crippen LogP contribution in [-0.2, 0) is 14.4 Å². The third-order valence-corrected chi connectivity index (χ3v) is 6.80. The molecule has 4 rings (SSSR count). The second kappa shape index (κ2) is 8.03. The van der Waals surface area contributed by atoms with Gasteiger partial charge in [-0.1, -0.05) is 18.2 Å². The van der Waals surface area contributed by atoms with Crippen molar-refractivity contribution >= 4 is 23.4 Å². The number of benzene rings is 1. The minimum absolute atomic E-state index is 0.0792. The predicted octanol–water partition coefficient (Wildman–Crippen LogP) is 2.29. The lowest BCUT2D eigenvalue weighted by molar-refractivity contribution is -0.130. The number of likely N-dealkylation sites (tertiary alicyclic amines) is 2. The van der Waals surface area contributed by atoms with Crippen LogP contribution in [0.25, 0.3) is 0 Å². The molecule has 1 aromatic carbocycles. The third-order valence-electron chi connectivity index (χ3n) is 6.80. The fourth-order valence-electron chi connectivity index (χ4n) is 5.14. The van der Waals surface area contributed by atoms with Crippen molar-refractivity contribution in [3.63, 3.8) is 0 Å². The molecule has 0 radical (unpaired) electrons. The summed E-state index contributed by atoms with van der Waals surface area (Å²) in [6, 6.07) is 8.92. The van der Waals surface area contributed by atoms with Crippen molar-refractivity contribution in [2.75, 3.05) is 31.1 Å². The number of anilines is 1. The highest BCUT2D eigenvalue weighted by Crippen LogP contribution is 2.34. The molecule has 3 amide bonds. The molecule has 0 N–H and O–H groups in total. The van der Waals surface area contributed by atoms with Crippen molar-refractivity contribution in [2.24, 2.45) is 11.8 Å². The van der Waals surface area contributed by atoms with Gasteiger partial charge < -0.3 is 4.90 Å². The molecule has 3 aliphatic rings. The Kier molecular flexibility index (Phi) is 5.49. The van der Waals surface area contributed by atoms with Gasteiger partial charge in [0, 0.05) is 20.0 Å². The molecule has 3 heterocycles. The van der Waals surface area contributed by atoms with Crippen LogP contribution in [0.5, 0.6) is 0 Å². The third kappa shape index (κ3) is 3.70. The van der Waals surface area contributed by atoms with Crippen LogP contribution in [0.15, 0.2) is 30.3 Å². The van der Waals surface area contributed by atoms with E-state index in [0.717, 1.165) is 51.9 Å². The summed E-state index contributed by atoms with van der Waals surface area (Å²) in [5.74, 6) is 1.35. The molecular weight excluding hydrogens is 354 g/mol. The molecule has 1 atom stereocenters. The summed E-state index contributed by atoms with van der Waals surface area (Å²) in [5, 5.41) is 0. The number of rotatable bonds is 3. The molecule has 6 heteroatoms. The monoisotopic (exact) mass is 383 g/mol. The first kappa shape index (κ1) is 19.1. The Labute approximate surface area is 166 Å². The van der Waals surface area contributed by atoms with Crippen LogP contribution in [0.2, 0.25) is 0 Å². The van der Waals surface area contributed by atoms with Crippen LogP contribution in [0.1, 0.15) is 39.0 Å². The lowest BCUT2D eigenvalue weighted by Crippen LogP contribution is -2.47. The number of hydrogen-bond donors (Lipinski definition) is 0. The maximum Gasteiger partial charge on any atom is 0.251 e. The van der Waals surface area contributed by atoms with Crippen LogP contribution in [0.3, 0.4) is 0 Å². The van der Waals surface area contributed by atoms with Crippen LogP contribution in [0, 0.1) is 11.8 Å². The molecule has 3 aliphatic heterocycles. The van der Waals surface area contributed by atoms with Gasteiger partial charge >= 0.3 is 0 Å². The second-order valence-electron chi connectivity index (χ2n) is 8.34. The Balaban J connectivity index is 1.33. The van der Waals surface area contributed by atoms with Crippen molar-refractivity contribution in [1.29, 1.82) is 0 Å². The molecule has 0 unspecified atom stereocenters. The molecular formula is C22H29N3O3. The molecule has 1 aromatic rings. The predicted molar refractivity (Wildman–Crippen MR) is 107 cm³/mol. The largest absolute Gasteiger partial charge is 0.343 e. The summed E-state index contributed by atoms with van der Waals surface area (Å²) in [6.45, 7) is 5.16. The van der Waals surface area contributed by atoms with Gasteiger partial charge in [-0.15, -0.1) is 0 Å². The summed E-state index contributed by atoms with van der Waals surface area (Å²) in [5.41, 5.74) is 0.673. The Morgan fingerprint density at radius 1 is 0.893 bits per heavy atom. The maximum atomic E-state index is 12.9. The average Bonchev–Trinajstić information content (AvgIpc) is 3.03. The van der Waals surface area contributed by atoms with E-state index in [-0.39, 0.29) is 30.2 Å². The highest BCUT2D eigenvalue weighted by Gasteiger charge is 2.44. The van der Waals surface area contributed by atoms with Gasteiger partial charge in [-0.25, -0.2) is 4.90 Å². The number of carbonyl (C=O) groups is 3. The Morgan fingerprint density at radius 2 is 1.46 bits per heavy atom. The number of piperidine rings is 2. The minimum Gasteiger partial charge on any atom is -0.343 e. The molecule has 0 saturated carbocycles. The topological polar surface area (TPSA) is 60.9 Å². The van der Waals surface area contributed by atoms with Crippen LogP contribution in [0.4, 0.5) is 5.69 Å². The van der Waals surface area contributed by atoms with Gasteiger partial charge in [0.05, 0.1) is 18.2 Å². The van der Waals surface area contributed by atoms with Crippen molar-refractivity contribution in [2.45, 2.75) is 45.1 Å². The first-order valence-electron chi connectivity index (χ1n) is 10.5. The van der Waals surface area contributed by atoms with Gasteiger partial charge in [0.15, 0.2) is 0 Å². The van der Waals surface area contributed by atoms with Crippen LogP contribution < -0.4 is 4.90 Å². The highest BCUT2D eigenvalue weighted by atomic mass is 16.2. The van der Waals surface area contributed by atoms with E-state index in [9.17, 15) is 14.4 Å². The van der Waals surface area contributed by atoms with E-state index < -0.39 is 0 Å². The SMILES string of the molecule is CC(=O)N1CCC(C2CCN([C@@H]3CC(=O)N(c4ccccc4)C3=O)CC2)CC1. The highest BCUT2D eigenvalue weighted by molar-refractivity contribution is 6.22. The number of carbonyl (C=O) groups excluding carboxylic acids is 3. The van der Waals surface area contributed by atoms with Crippen molar-refractivity contribution < 1.29 is 14.4 Å². The molecule has 0 bridgehead atoms. The standard InChI is InChI=1S/C22H29N3O3/c1-16(26)23-11-7-17(8-12-23)18-9-13-24(14-10-18)20-15-21(27)25(22(20)28)19-5-3-2-4-6-19/h2-6,17-18,20H,7-15H2,1H3/t20-/m1/s1. The van der Waals surface area contributed by atoms with Gasteiger partial charge in [-0.05, 0) is 62.7 Å². The molecule has 150 valence electrons. The van der Waals surface area contributed by atoms with Gasteiger partial charge in [0.1, 0.15) is 0 Å². The molecule has 0 spiro atoms. The number of para-hydroxylation sites is 1. The lowest BCUT2D eigenvalue weighted by atomic mass is 9.78. The first-order chi connectivity index (χ1) is 13.5. The van der Waals surface area contributed by atoms with E-state index in [1.807, 2.05) is 35.2 Å². The lowest BCUT2D eigenvalue weighted by Gasteiger charge is -2.41. The minimum atomic E-state index is -0.312. The van der Waals surface area contributed by atoms with E-state index >= 15 is 0 Å². The molecule has 28 heavy (non-hydrogen) atoms. The van der Waals surface area contributed by atoms with Gasteiger partial charge in [0.2, 0.25) is 11.8 Å². The van der Waals surface area contributed by atoms with Crippen molar-refractivity contribution in [3.8, 4) is 0 Å². The van der Waals surface area contributed by atoms with Gasteiger partial charge in [-0.3, -0.25) is 19.3 Å². The first-order valence-corrected chi connectivity index (χ1v) is 10.5. The summed E-state index contributed by atoms with van der Waals surface area (Å²) >= 11 is 0. The molecule has 0 aliphatic carbocycles. The Morgan fingerprint density at radius 3 is 2.04 bits per heavy atom. The smallest absolute Gasteiger partial charge is 0.251 e. The molecule has 0 aromatic heterocycles. The Hall–Kier alpha value is -2.21. The molecule has 6 nitrogen and oxygen atoms in total. The van der Waals surface area contributed by atoms with Crippen molar-refractivity contribution in [1.82, 2.24) is 9.80 Å². The zero-order valence-electron chi connectivity index (χ0n) is 16.5. The van der Waals surface area contributed by atoms with Gasteiger partial charge in [0.25, 0.3) is 5.91 Å². The normalized spacial score (nSPS) is 25.5. The van der Waals surface area contributed by atoms with E-state index in [4.69, 9.17) is 0 Å². The molecule has 3 fully saturated rings. The number of nitrogens with zero attached hydrogens (tertiary/aromatic N) is 3. The average molecular weight is 383 g/mol. The summed E-state index contributed by atoms with van der Waals surface area (Å²) in [7, 11) is 0. The van der Waals surface area contributed by atoms with Crippen LogP contribution >= 0.6 is 0 Å². The quantitative estimate of drug-likeness (QED) is 0.752. The van der Waals surface area contributed by atoms with E-state index in [1.165, 1.54) is 4.90 Å². The van der Waals surface area contributed by atoms with E-state index in [0.29, 0.717) is 17.5 Å². The number of amides is 3. The van der Waals surface area contributed by atoms with Crippen molar-refractivity contribution in [3.05, 3.63) is 30.3 Å². The van der Waals surface area contributed by atoms with Crippen LogP contribution in [-0.4, -0.2) is 59.7 Å². The second-order valence-corrected chi connectivity index (χ2v) is 8.34. The summed E-state index contributed by atoms with van der Waals surface area (Å²) in [6.07, 6.45) is 4.62. The number of imide groups is 1. The fourth-order valence-corrected chi connectivity index (χ4v) is 5.14. The molecule has 3 saturated heterocycles. The summed E-state index contributed by atoms with van der Waals surface area (Å²) in [4.78, 5) is 42.4. The zero-order valence-corrected chi connectivity index (χ0v) is 16.5. The van der Waals surface area contributed by atoms with E-state index in [2.05, 4.69) is 4.90 Å². The Bertz CT molecular complexity index is 735. The maximum absolute atomic E-state index is 12.9. The number of hydrogen-bond acceptors (Lipinski definition) is 4. The fraction of sp³-hybridized carbons (Fsp3) is 0.591. The zero-order chi connectivity index (χ0) is 19.7. The van der Waals surface area contributed by atoms with E-state index in [1.54, 1.807) is 6.92 Å². The van der Waals surface area contributed by atoms with Gasteiger partial charge in [-0.2, -0.15) is 0 Å². The summed E-state index contributed by atoms with van der Waals surface area (Å²) < 4.78 is 0.